The zero-order valence-electron chi connectivity index (χ0n) is 16.5. The Morgan fingerprint density at radius 1 is 1.15 bits per heavy atom. The molecule has 0 aliphatic carbocycles. The molecule has 0 spiro atoms. The molecule has 0 saturated carbocycles. The van der Waals surface area contributed by atoms with E-state index in [1.807, 2.05) is 0 Å². The first kappa shape index (κ1) is 23.8. The zero-order chi connectivity index (χ0) is 20.6. The van der Waals surface area contributed by atoms with E-state index in [0.29, 0.717) is 25.7 Å². The summed E-state index contributed by atoms with van der Waals surface area (Å²) in [7, 11) is 2.68. The van der Waals surface area contributed by atoms with Gasteiger partial charge in [-0.3, -0.25) is 9.59 Å². The molecule has 0 aromatic rings. The van der Waals surface area contributed by atoms with Gasteiger partial charge in [-0.1, -0.05) is 12.8 Å². The smallest absolute Gasteiger partial charge is 0.305 e. The predicted octanol–water partition coefficient (Wildman–Crippen LogP) is -0.151. The normalized spacial score (nSPS) is 28.6. The van der Waals surface area contributed by atoms with Gasteiger partial charge in [0.15, 0.2) is 6.29 Å². The first-order chi connectivity index (χ1) is 12.6. The van der Waals surface area contributed by atoms with Crippen LogP contribution in [0.2, 0.25) is 0 Å². The summed E-state index contributed by atoms with van der Waals surface area (Å²) in [6, 6.07) is -0.784. The van der Waals surface area contributed by atoms with Crippen LogP contribution in [0.4, 0.5) is 0 Å². The Morgan fingerprint density at radius 3 is 2.37 bits per heavy atom. The first-order valence-electron chi connectivity index (χ1n) is 9.22. The lowest BCUT2D eigenvalue weighted by molar-refractivity contribution is -0.264. The molecule has 1 amide bonds. The van der Waals surface area contributed by atoms with E-state index >= 15 is 0 Å². The van der Waals surface area contributed by atoms with Crippen LogP contribution in [0.3, 0.4) is 0 Å². The van der Waals surface area contributed by atoms with Gasteiger partial charge in [0.05, 0.1) is 31.3 Å². The van der Waals surface area contributed by atoms with Crippen LogP contribution in [-0.4, -0.2) is 77.7 Å². The van der Waals surface area contributed by atoms with Crippen molar-refractivity contribution in [2.24, 2.45) is 0 Å². The molecule has 1 aliphatic heterocycles. The summed E-state index contributed by atoms with van der Waals surface area (Å²) in [6.45, 7) is 3.03. The Balaban J connectivity index is 2.66. The second-order valence-electron chi connectivity index (χ2n) is 7.51. The number of unbranched alkanes of at least 4 members (excludes halogenated alkanes) is 2. The van der Waals surface area contributed by atoms with E-state index in [-0.39, 0.29) is 12.4 Å². The number of hydrogen-bond donors (Lipinski definition) is 4. The van der Waals surface area contributed by atoms with Gasteiger partial charge in [0.1, 0.15) is 12.2 Å². The standard InChI is InChI=1S/C18H33NO8/c1-18(2,24)10-12(20)19-14-11(8-6-5-7-9-13(21)25-3)27-17(23)16(26-4)15(14)22/h11,14-17,22-24H,5-10H2,1-4H3,(H,19,20)/t11?,14-,15+,16-,17+/m1/s1. The minimum atomic E-state index is -1.31. The maximum absolute atomic E-state index is 12.2. The third-order valence-corrected chi connectivity index (χ3v) is 4.49. The van der Waals surface area contributed by atoms with Crippen LogP contribution < -0.4 is 5.32 Å². The number of nitrogens with one attached hydrogen (secondary N) is 1. The lowest BCUT2D eigenvalue weighted by atomic mass is 9.91. The highest BCUT2D eigenvalue weighted by Gasteiger charge is 2.45. The summed E-state index contributed by atoms with van der Waals surface area (Å²) >= 11 is 0. The van der Waals surface area contributed by atoms with E-state index in [1.54, 1.807) is 0 Å². The average molecular weight is 391 g/mol. The van der Waals surface area contributed by atoms with E-state index < -0.39 is 42.2 Å². The molecule has 1 fully saturated rings. The molecule has 0 radical (unpaired) electrons. The van der Waals surface area contributed by atoms with Gasteiger partial charge in [0, 0.05) is 13.5 Å². The second kappa shape index (κ2) is 10.9. The van der Waals surface area contributed by atoms with E-state index in [0.717, 1.165) is 6.42 Å². The summed E-state index contributed by atoms with van der Waals surface area (Å²) in [5.41, 5.74) is -1.19. The molecule has 0 aromatic carbocycles. The molecule has 158 valence electrons. The molecule has 27 heavy (non-hydrogen) atoms. The molecule has 9 heteroatoms. The van der Waals surface area contributed by atoms with Crippen LogP contribution >= 0.6 is 0 Å². The van der Waals surface area contributed by atoms with E-state index in [9.17, 15) is 24.9 Å². The maximum atomic E-state index is 12.2. The molecule has 5 atom stereocenters. The first-order valence-corrected chi connectivity index (χ1v) is 9.22. The van der Waals surface area contributed by atoms with Crippen LogP contribution in [0.25, 0.3) is 0 Å². The summed E-state index contributed by atoms with van der Waals surface area (Å²) < 4.78 is 15.2. The quantitative estimate of drug-likeness (QED) is 0.298. The van der Waals surface area contributed by atoms with Gasteiger partial charge in [-0.15, -0.1) is 0 Å². The van der Waals surface area contributed by atoms with Crippen LogP contribution in [0.1, 0.15) is 52.4 Å². The maximum Gasteiger partial charge on any atom is 0.305 e. The fourth-order valence-corrected chi connectivity index (χ4v) is 3.14. The van der Waals surface area contributed by atoms with Crippen molar-refractivity contribution in [2.45, 2.75) is 88.6 Å². The molecule has 1 heterocycles. The van der Waals surface area contributed by atoms with E-state index in [2.05, 4.69) is 10.1 Å². The SMILES string of the molecule is COC(=O)CCCCCC1O[C@H](O)[C@H](OC)[C@@H](O)[C@@H]1NC(=O)CC(C)(C)O. The molecular formula is C18H33NO8. The van der Waals surface area contributed by atoms with Crippen molar-refractivity contribution in [1.82, 2.24) is 5.32 Å². The Labute approximate surface area is 160 Å². The zero-order valence-corrected chi connectivity index (χ0v) is 16.5. The number of rotatable bonds is 10. The van der Waals surface area contributed by atoms with Crippen LogP contribution in [-0.2, 0) is 23.8 Å². The van der Waals surface area contributed by atoms with Crippen LogP contribution in [0.15, 0.2) is 0 Å². The highest BCUT2D eigenvalue weighted by molar-refractivity contribution is 5.77. The third kappa shape index (κ3) is 8.10. The van der Waals surface area contributed by atoms with Crippen molar-refractivity contribution < 1.29 is 39.1 Å². The number of hydrogen-bond acceptors (Lipinski definition) is 8. The third-order valence-electron chi connectivity index (χ3n) is 4.49. The summed E-state index contributed by atoms with van der Waals surface area (Å²) in [5.74, 6) is -0.702. The molecule has 0 bridgehead atoms. The predicted molar refractivity (Wildman–Crippen MR) is 95.6 cm³/mol. The minimum absolute atomic E-state index is 0.137. The number of ether oxygens (including phenoxy) is 3. The van der Waals surface area contributed by atoms with Gasteiger partial charge in [0.2, 0.25) is 5.91 Å². The van der Waals surface area contributed by atoms with Gasteiger partial charge in [0.25, 0.3) is 0 Å². The molecule has 4 N–H and O–H groups in total. The number of carbonyl (C=O) groups is 2. The van der Waals surface area contributed by atoms with Gasteiger partial charge in [-0.2, -0.15) is 0 Å². The Morgan fingerprint density at radius 2 is 1.81 bits per heavy atom. The Kier molecular flexibility index (Phi) is 9.61. The summed E-state index contributed by atoms with van der Waals surface area (Å²) in [6.07, 6.45) is -1.36. The number of amides is 1. The van der Waals surface area contributed by atoms with Crippen molar-refractivity contribution in [3.8, 4) is 0 Å². The number of aliphatic hydroxyl groups excluding tert-OH is 2. The summed E-state index contributed by atoms with van der Waals surface area (Å²) in [4.78, 5) is 23.3. The van der Waals surface area contributed by atoms with Gasteiger partial charge < -0.3 is 34.8 Å². The van der Waals surface area contributed by atoms with Crippen molar-refractivity contribution in [1.29, 1.82) is 0 Å². The van der Waals surface area contributed by atoms with Crippen molar-refractivity contribution in [3.63, 3.8) is 0 Å². The molecule has 0 aromatic heterocycles. The molecular weight excluding hydrogens is 358 g/mol. The average Bonchev–Trinajstić information content (AvgIpc) is 2.56. The Hall–Kier alpha value is -1.26. The molecule has 1 aliphatic rings. The van der Waals surface area contributed by atoms with Gasteiger partial charge in [-0.25, -0.2) is 0 Å². The van der Waals surface area contributed by atoms with E-state index in [4.69, 9.17) is 9.47 Å². The molecule has 1 unspecified atom stereocenters. The van der Waals surface area contributed by atoms with Crippen LogP contribution in [0.5, 0.6) is 0 Å². The Bertz CT molecular complexity index is 478. The second-order valence-corrected chi connectivity index (χ2v) is 7.51. The lowest BCUT2D eigenvalue weighted by Crippen LogP contribution is -2.64. The largest absolute Gasteiger partial charge is 0.469 e. The van der Waals surface area contributed by atoms with Crippen molar-refractivity contribution in [3.05, 3.63) is 0 Å². The van der Waals surface area contributed by atoms with Crippen molar-refractivity contribution >= 4 is 11.9 Å². The number of methoxy groups -OCH3 is 2. The number of carbonyl (C=O) groups excluding carboxylic acids is 2. The molecule has 1 saturated heterocycles. The van der Waals surface area contributed by atoms with Crippen molar-refractivity contribution in [2.75, 3.05) is 14.2 Å². The number of esters is 1. The topological polar surface area (TPSA) is 135 Å². The monoisotopic (exact) mass is 391 g/mol. The lowest BCUT2D eigenvalue weighted by Gasteiger charge is -2.43. The molecule has 9 nitrogen and oxygen atoms in total. The van der Waals surface area contributed by atoms with Gasteiger partial charge >= 0.3 is 5.97 Å². The fraction of sp³-hybridized carbons (Fsp3) is 0.889. The molecule has 1 rings (SSSR count). The highest BCUT2D eigenvalue weighted by atomic mass is 16.6. The van der Waals surface area contributed by atoms with Gasteiger partial charge in [-0.05, 0) is 26.7 Å². The minimum Gasteiger partial charge on any atom is -0.469 e. The highest BCUT2D eigenvalue weighted by Crippen LogP contribution is 2.26. The van der Waals surface area contributed by atoms with Crippen LogP contribution in [0, 0.1) is 0 Å². The fourth-order valence-electron chi connectivity index (χ4n) is 3.14. The van der Waals surface area contributed by atoms with E-state index in [1.165, 1.54) is 28.1 Å². The number of aliphatic hydroxyl groups is 3. The summed E-state index contributed by atoms with van der Waals surface area (Å²) in [5, 5.41) is 33.0.